The largest absolute Gasteiger partial charge is 0.340 e. The van der Waals surface area contributed by atoms with Gasteiger partial charge in [0, 0.05) is 18.6 Å². The molecule has 1 aliphatic rings. The van der Waals surface area contributed by atoms with Crippen LogP contribution in [0, 0.1) is 13.8 Å². The van der Waals surface area contributed by atoms with Gasteiger partial charge in [-0.05, 0) is 49.1 Å². The number of nitrogens with one attached hydrogen (secondary N) is 1. The number of imide groups is 1. The zero-order chi connectivity index (χ0) is 22.1. The van der Waals surface area contributed by atoms with Gasteiger partial charge >= 0.3 is 6.03 Å². The third-order valence-corrected chi connectivity index (χ3v) is 5.92. The summed E-state index contributed by atoms with van der Waals surface area (Å²) in [7, 11) is 1.67. The Morgan fingerprint density at radius 3 is 2.40 bits per heavy atom. The second kappa shape index (κ2) is 8.48. The Morgan fingerprint density at radius 2 is 1.80 bits per heavy atom. The molecule has 1 heterocycles. The molecule has 6 nitrogen and oxygen atoms in total. The fourth-order valence-corrected chi connectivity index (χ4v) is 3.89. The number of halogens is 1. The van der Waals surface area contributed by atoms with Crippen LogP contribution in [0.4, 0.5) is 4.79 Å². The highest BCUT2D eigenvalue weighted by Crippen LogP contribution is 2.33. The number of urea groups is 1. The van der Waals surface area contributed by atoms with E-state index >= 15 is 0 Å². The van der Waals surface area contributed by atoms with Crippen molar-refractivity contribution in [3.8, 4) is 0 Å². The first kappa shape index (κ1) is 21.8. The van der Waals surface area contributed by atoms with Crippen molar-refractivity contribution in [2.75, 3.05) is 13.6 Å². The van der Waals surface area contributed by atoms with Crippen LogP contribution in [-0.4, -0.2) is 41.2 Å². The molecule has 0 bridgehead atoms. The predicted molar refractivity (Wildman–Crippen MR) is 116 cm³/mol. The summed E-state index contributed by atoms with van der Waals surface area (Å²) in [5.41, 5.74) is 2.73. The maximum atomic E-state index is 13.2. The fourth-order valence-electron chi connectivity index (χ4n) is 3.77. The number of hydrogen-bond donors (Lipinski definition) is 1. The molecule has 0 aromatic heterocycles. The van der Waals surface area contributed by atoms with E-state index in [1.54, 1.807) is 31.3 Å². The molecule has 1 atom stereocenters. The van der Waals surface area contributed by atoms with E-state index in [2.05, 4.69) is 11.4 Å². The van der Waals surface area contributed by atoms with Crippen LogP contribution in [0.1, 0.15) is 35.6 Å². The van der Waals surface area contributed by atoms with Crippen LogP contribution >= 0.6 is 11.6 Å². The molecule has 1 unspecified atom stereocenters. The van der Waals surface area contributed by atoms with Gasteiger partial charge in [-0.2, -0.15) is 0 Å². The van der Waals surface area contributed by atoms with Crippen molar-refractivity contribution in [3.05, 3.63) is 69.7 Å². The quantitative estimate of drug-likeness (QED) is 0.713. The Bertz CT molecular complexity index is 990. The van der Waals surface area contributed by atoms with E-state index < -0.39 is 17.5 Å². The summed E-state index contributed by atoms with van der Waals surface area (Å²) in [6.45, 7) is 5.94. The summed E-state index contributed by atoms with van der Waals surface area (Å²) in [4.78, 5) is 41.1. The van der Waals surface area contributed by atoms with Crippen molar-refractivity contribution in [1.29, 1.82) is 0 Å². The summed E-state index contributed by atoms with van der Waals surface area (Å²) < 4.78 is 0. The first-order chi connectivity index (χ1) is 14.2. The molecule has 2 aromatic rings. The molecule has 3 rings (SSSR count). The second-order valence-corrected chi connectivity index (χ2v) is 8.20. The zero-order valence-corrected chi connectivity index (χ0v) is 18.4. The molecule has 0 radical (unpaired) electrons. The highest BCUT2D eigenvalue weighted by Gasteiger charge is 2.51. The summed E-state index contributed by atoms with van der Waals surface area (Å²) >= 11 is 5.96. The molecule has 158 valence electrons. The second-order valence-electron chi connectivity index (χ2n) is 7.77. The topological polar surface area (TPSA) is 69.7 Å². The molecule has 4 amide bonds. The lowest BCUT2D eigenvalue weighted by Gasteiger charge is -2.26. The van der Waals surface area contributed by atoms with Crippen molar-refractivity contribution >= 4 is 29.4 Å². The number of hydrogen-bond acceptors (Lipinski definition) is 3. The number of benzene rings is 2. The van der Waals surface area contributed by atoms with Gasteiger partial charge in [0.1, 0.15) is 12.1 Å². The molecule has 0 aliphatic carbocycles. The summed E-state index contributed by atoms with van der Waals surface area (Å²) in [6, 6.07) is 12.3. The minimum Gasteiger partial charge on any atom is -0.340 e. The highest BCUT2D eigenvalue weighted by molar-refractivity contribution is 6.30. The number of aryl methyl sites for hydroxylation is 2. The van der Waals surface area contributed by atoms with Crippen LogP contribution < -0.4 is 5.32 Å². The number of carbonyl (C=O) groups is 3. The smallest absolute Gasteiger partial charge is 0.325 e. The molecule has 0 saturated carbocycles. The van der Waals surface area contributed by atoms with Crippen molar-refractivity contribution in [2.24, 2.45) is 0 Å². The number of rotatable bonds is 6. The number of nitrogens with zero attached hydrogens (tertiary/aromatic N) is 2. The Balaban J connectivity index is 1.75. The van der Waals surface area contributed by atoms with Crippen molar-refractivity contribution in [1.82, 2.24) is 15.1 Å². The van der Waals surface area contributed by atoms with E-state index in [-0.39, 0.29) is 12.5 Å². The third-order valence-electron chi connectivity index (χ3n) is 5.67. The molecule has 2 aromatic carbocycles. The molecular formula is C23H26ClN3O3. The van der Waals surface area contributed by atoms with E-state index in [0.29, 0.717) is 23.6 Å². The van der Waals surface area contributed by atoms with Gasteiger partial charge in [0.05, 0.1) is 0 Å². The van der Waals surface area contributed by atoms with E-state index in [4.69, 9.17) is 11.6 Å². The van der Waals surface area contributed by atoms with Gasteiger partial charge in [-0.15, -0.1) is 0 Å². The minimum atomic E-state index is -1.19. The van der Waals surface area contributed by atoms with Gasteiger partial charge in [-0.1, -0.05) is 54.4 Å². The lowest BCUT2D eigenvalue weighted by atomic mass is 9.87. The maximum absolute atomic E-state index is 13.2. The zero-order valence-electron chi connectivity index (χ0n) is 17.7. The van der Waals surface area contributed by atoms with Gasteiger partial charge in [-0.3, -0.25) is 14.5 Å². The molecular weight excluding hydrogens is 402 g/mol. The Labute approximate surface area is 181 Å². The van der Waals surface area contributed by atoms with Gasteiger partial charge in [0.25, 0.3) is 5.91 Å². The minimum absolute atomic E-state index is 0.304. The number of carbonyl (C=O) groups excluding carboxylic acids is 3. The molecule has 1 fully saturated rings. The Kier molecular flexibility index (Phi) is 6.17. The normalized spacial score (nSPS) is 18.5. The Morgan fingerprint density at radius 1 is 1.13 bits per heavy atom. The fraction of sp³-hybridized carbons (Fsp3) is 0.348. The molecule has 0 spiro atoms. The maximum Gasteiger partial charge on any atom is 0.325 e. The van der Waals surface area contributed by atoms with Crippen LogP contribution in [0.2, 0.25) is 5.02 Å². The third kappa shape index (κ3) is 4.05. The Hall–Kier alpha value is -2.86. The van der Waals surface area contributed by atoms with Gasteiger partial charge in [0.15, 0.2) is 0 Å². The molecule has 1 aliphatic heterocycles. The molecule has 7 heteroatoms. The van der Waals surface area contributed by atoms with E-state index in [1.807, 2.05) is 32.9 Å². The highest BCUT2D eigenvalue weighted by atomic mass is 35.5. The average molecular weight is 428 g/mol. The van der Waals surface area contributed by atoms with Crippen molar-refractivity contribution in [2.45, 2.75) is 39.3 Å². The van der Waals surface area contributed by atoms with Gasteiger partial charge in [0.2, 0.25) is 5.91 Å². The average Bonchev–Trinajstić information content (AvgIpc) is 2.95. The van der Waals surface area contributed by atoms with Crippen LogP contribution in [-0.2, 0) is 21.7 Å². The van der Waals surface area contributed by atoms with E-state index in [1.165, 1.54) is 4.90 Å². The first-order valence-electron chi connectivity index (χ1n) is 9.88. The lowest BCUT2D eigenvalue weighted by Crippen LogP contribution is -2.45. The van der Waals surface area contributed by atoms with Crippen LogP contribution in [0.15, 0.2) is 42.5 Å². The van der Waals surface area contributed by atoms with E-state index in [9.17, 15) is 14.4 Å². The van der Waals surface area contributed by atoms with Crippen molar-refractivity contribution in [3.63, 3.8) is 0 Å². The predicted octanol–water partition coefficient (Wildman–Crippen LogP) is 3.77. The summed E-state index contributed by atoms with van der Waals surface area (Å²) in [5.74, 6) is -0.730. The molecule has 1 saturated heterocycles. The lowest BCUT2D eigenvalue weighted by molar-refractivity contribution is -0.138. The standard InChI is InChI=1S/C23H26ClN3O3/c1-5-23(18-8-10-19(24)11-9-18)21(29)27(22(30)25-23)14-20(28)26(4)13-17-7-6-15(2)12-16(17)3/h6-12H,5,13-14H2,1-4H3,(H,25,30). The van der Waals surface area contributed by atoms with Gasteiger partial charge in [-0.25, -0.2) is 4.79 Å². The van der Waals surface area contributed by atoms with Crippen molar-refractivity contribution < 1.29 is 14.4 Å². The van der Waals surface area contributed by atoms with Crippen LogP contribution in [0.5, 0.6) is 0 Å². The van der Waals surface area contributed by atoms with E-state index in [0.717, 1.165) is 21.6 Å². The SMILES string of the molecule is CCC1(c2ccc(Cl)cc2)NC(=O)N(CC(=O)N(C)Cc2ccc(C)cc2C)C1=O. The number of likely N-dealkylation sites (N-methyl/N-ethyl adjacent to an activating group) is 1. The summed E-state index contributed by atoms with van der Waals surface area (Å²) in [5, 5.41) is 3.33. The summed E-state index contributed by atoms with van der Waals surface area (Å²) in [6.07, 6.45) is 0.363. The monoisotopic (exact) mass is 427 g/mol. The van der Waals surface area contributed by atoms with Crippen LogP contribution in [0.3, 0.4) is 0 Å². The van der Waals surface area contributed by atoms with Crippen LogP contribution in [0.25, 0.3) is 0 Å². The molecule has 1 N–H and O–H groups in total. The molecule has 30 heavy (non-hydrogen) atoms. The van der Waals surface area contributed by atoms with Gasteiger partial charge < -0.3 is 10.2 Å². The number of amides is 4. The first-order valence-corrected chi connectivity index (χ1v) is 10.3.